The molecular weight excluding hydrogens is 364 g/mol. The predicted octanol–water partition coefficient (Wildman–Crippen LogP) is 4.48. The summed E-state index contributed by atoms with van der Waals surface area (Å²) in [5.74, 6) is 1.10. The van der Waals surface area contributed by atoms with Gasteiger partial charge in [0.1, 0.15) is 6.04 Å². The maximum absolute atomic E-state index is 13.2. The minimum Gasteiger partial charge on any atom is -0.326 e. The normalized spacial score (nSPS) is 16.8. The van der Waals surface area contributed by atoms with Crippen LogP contribution in [0.15, 0.2) is 83.8 Å². The van der Waals surface area contributed by atoms with E-state index in [4.69, 9.17) is 0 Å². The van der Waals surface area contributed by atoms with Gasteiger partial charge in [0.25, 0.3) is 5.91 Å². The third kappa shape index (κ3) is 4.29. The van der Waals surface area contributed by atoms with Crippen LogP contribution in [0.25, 0.3) is 0 Å². The monoisotopic (exact) mass is 389 g/mol. The summed E-state index contributed by atoms with van der Waals surface area (Å²) in [5.41, 5.74) is 4.38. The molecule has 1 aliphatic rings. The summed E-state index contributed by atoms with van der Waals surface area (Å²) >= 11 is 1.91. The summed E-state index contributed by atoms with van der Waals surface area (Å²) in [6.45, 7) is 2.05. The number of hydrogen-bond donors (Lipinski definition) is 2. The molecule has 3 aromatic carbocycles. The van der Waals surface area contributed by atoms with Gasteiger partial charge in [-0.25, -0.2) is 0 Å². The van der Waals surface area contributed by atoms with E-state index < -0.39 is 0 Å². The molecule has 4 rings (SSSR count). The molecule has 0 fully saturated rings. The van der Waals surface area contributed by atoms with E-state index in [2.05, 4.69) is 34.9 Å². The Balaban J connectivity index is 1.60. The Hall–Kier alpha value is -2.56. The number of hydrogen-bond acceptors (Lipinski definition) is 2. The van der Waals surface area contributed by atoms with Crippen molar-refractivity contribution in [2.75, 3.05) is 11.1 Å². The minimum absolute atomic E-state index is 0.0192. The quantitative estimate of drug-likeness (QED) is 0.676. The second-order valence-electron chi connectivity index (χ2n) is 7.22. The highest BCUT2D eigenvalue weighted by Crippen LogP contribution is 2.34. The first-order valence-electron chi connectivity index (χ1n) is 9.70. The number of anilines is 1. The largest absolute Gasteiger partial charge is 0.326 e. The first-order chi connectivity index (χ1) is 13.7. The summed E-state index contributed by atoms with van der Waals surface area (Å²) < 4.78 is 0. The fourth-order valence-electron chi connectivity index (χ4n) is 3.67. The number of thioether (sulfide) groups is 1. The molecule has 3 nitrogen and oxygen atoms in total. The lowest BCUT2D eigenvalue weighted by Crippen LogP contribution is -2.88. The van der Waals surface area contributed by atoms with Crippen LogP contribution >= 0.6 is 11.8 Å². The summed E-state index contributed by atoms with van der Waals surface area (Å²) in [5, 5.41) is 5.34. The zero-order valence-corrected chi connectivity index (χ0v) is 16.8. The molecule has 3 aromatic rings. The Kier molecular flexibility index (Phi) is 5.79. The smallest absolute Gasteiger partial charge is 0.287 e. The molecule has 4 heteroatoms. The Labute approximate surface area is 170 Å². The molecule has 28 heavy (non-hydrogen) atoms. The molecule has 0 bridgehead atoms. The Bertz CT molecular complexity index is 940. The molecule has 0 radical (unpaired) electrons. The van der Waals surface area contributed by atoms with Gasteiger partial charge in [-0.15, -0.1) is 11.8 Å². The molecule has 2 atom stereocenters. The summed E-state index contributed by atoms with van der Waals surface area (Å²) in [4.78, 5) is 14.6. The van der Waals surface area contributed by atoms with Crippen molar-refractivity contribution in [3.05, 3.63) is 95.6 Å². The number of nitrogens with two attached hydrogens (primary N) is 1. The molecule has 0 unspecified atom stereocenters. The maximum atomic E-state index is 13.2. The van der Waals surface area contributed by atoms with E-state index in [-0.39, 0.29) is 18.0 Å². The van der Waals surface area contributed by atoms with E-state index in [1.165, 1.54) is 16.0 Å². The van der Waals surface area contributed by atoms with Crippen molar-refractivity contribution in [2.24, 2.45) is 0 Å². The van der Waals surface area contributed by atoms with Crippen LogP contribution in [0.5, 0.6) is 0 Å². The van der Waals surface area contributed by atoms with E-state index in [0.717, 1.165) is 23.4 Å². The van der Waals surface area contributed by atoms with Gasteiger partial charge in [0, 0.05) is 33.9 Å². The van der Waals surface area contributed by atoms with Crippen molar-refractivity contribution in [1.29, 1.82) is 0 Å². The lowest BCUT2D eigenvalue weighted by atomic mass is 9.99. The molecule has 1 aliphatic heterocycles. The van der Waals surface area contributed by atoms with Gasteiger partial charge < -0.3 is 10.6 Å². The number of amides is 1. The molecule has 0 aliphatic carbocycles. The molecule has 1 heterocycles. The first kappa shape index (κ1) is 18.8. The fraction of sp³-hybridized carbons (Fsp3) is 0.208. The van der Waals surface area contributed by atoms with Crippen molar-refractivity contribution >= 4 is 23.4 Å². The van der Waals surface area contributed by atoms with Crippen molar-refractivity contribution in [2.45, 2.75) is 30.3 Å². The summed E-state index contributed by atoms with van der Waals surface area (Å²) in [6.07, 6.45) is 1.06. The number of carbonyl (C=O) groups is 1. The summed E-state index contributed by atoms with van der Waals surface area (Å²) in [6, 6.07) is 26.6. The zero-order valence-electron chi connectivity index (χ0n) is 16.0. The van der Waals surface area contributed by atoms with Crippen molar-refractivity contribution in [1.82, 2.24) is 0 Å². The molecule has 0 spiro atoms. The van der Waals surface area contributed by atoms with Crippen LogP contribution in [0.2, 0.25) is 0 Å². The predicted molar refractivity (Wildman–Crippen MR) is 115 cm³/mol. The molecule has 1 amide bonds. The lowest BCUT2D eigenvalue weighted by Gasteiger charge is -2.27. The third-order valence-corrected chi connectivity index (χ3v) is 6.31. The number of carbonyl (C=O) groups excluding carboxylic acids is 1. The number of nitrogens with one attached hydrogen (secondary N) is 1. The number of rotatable bonds is 5. The molecule has 142 valence electrons. The zero-order chi connectivity index (χ0) is 19.3. The van der Waals surface area contributed by atoms with Gasteiger partial charge in [-0.3, -0.25) is 4.79 Å². The molecule has 0 saturated heterocycles. The molecule has 3 N–H and O–H groups in total. The van der Waals surface area contributed by atoms with Crippen molar-refractivity contribution < 1.29 is 10.1 Å². The lowest BCUT2D eigenvalue weighted by molar-refractivity contribution is -0.722. The van der Waals surface area contributed by atoms with Gasteiger partial charge in [-0.1, -0.05) is 66.2 Å². The van der Waals surface area contributed by atoms with Crippen LogP contribution < -0.4 is 10.6 Å². The van der Waals surface area contributed by atoms with E-state index in [1.54, 1.807) is 0 Å². The number of benzene rings is 3. The van der Waals surface area contributed by atoms with Gasteiger partial charge in [-0.05, 0) is 25.1 Å². The van der Waals surface area contributed by atoms with Crippen molar-refractivity contribution in [3.63, 3.8) is 0 Å². The fourth-order valence-corrected chi connectivity index (χ4v) is 4.82. The van der Waals surface area contributed by atoms with Gasteiger partial charge in [0.2, 0.25) is 0 Å². The summed E-state index contributed by atoms with van der Waals surface area (Å²) in [7, 11) is 0. The highest BCUT2D eigenvalue weighted by molar-refractivity contribution is 7.99. The Morgan fingerprint density at radius 2 is 1.71 bits per heavy atom. The maximum Gasteiger partial charge on any atom is 0.287 e. The van der Waals surface area contributed by atoms with Gasteiger partial charge >= 0.3 is 0 Å². The SMILES string of the molecule is Cc1ccc(NC(=O)[C@H]([NH2+][C@H]2CCSc3ccccc32)c2ccccc2)cc1. The van der Waals surface area contributed by atoms with Crippen molar-refractivity contribution in [3.8, 4) is 0 Å². The van der Waals surface area contributed by atoms with E-state index in [1.807, 2.05) is 73.3 Å². The van der Waals surface area contributed by atoms with Gasteiger partial charge in [-0.2, -0.15) is 0 Å². The van der Waals surface area contributed by atoms with Crippen LogP contribution in [0, 0.1) is 6.92 Å². The van der Waals surface area contributed by atoms with Gasteiger partial charge in [0.05, 0.1) is 0 Å². The number of quaternary nitrogens is 1. The molecule has 0 aromatic heterocycles. The Morgan fingerprint density at radius 3 is 2.50 bits per heavy atom. The van der Waals surface area contributed by atoms with Gasteiger partial charge in [0.15, 0.2) is 6.04 Å². The standard InChI is InChI=1S/C24H24N2OS/c1-17-11-13-19(14-12-17)25-24(27)23(18-7-3-2-4-8-18)26-21-15-16-28-22-10-6-5-9-20(21)22/h2-14,21,23,26H,15-16H2,1H3,(H,25,27)/p+1/t21-,23+/m0/s1. The first-order valence-corrected chi connectivity index (χ1v) is 10.7. The van der Waals surface area contributed by atoms with Crippen LogP contribution in [0.4, 0.5) is 5.69 Å². The minimum atomic E-state index is -0.288. The van der Waals surface area contributed by atoms with E-state index >= 15 is 0 Å². The highest BCUT2D eigenvalue weighted by Gasteiger charge is 2.31. The number of fused-ring (bicyclic) bond motifs is 1. The Morgan fingerprint density at radius 1 is 1.00 bits per heavy atom. The average molecular weight is 390 g/mol. The average Bonchev–Trinajstić information content (AvgIpc) is 2.74. The molecule has 0 saturated carbocycles. The van der Waals surface area contributed by atoms with E-state index in [0.29, 0.717) is 0 Å². The van der Waals surface area contributed by atoms with Crippen LogP contribution in [-0.4, -0.2) is 11.7 Å². The highest BCUT2D eigenvalue weighted by atomic mass is 32.2. The van der Waals surface area contributed by atoms with Crippen LogP contribution in [0.1, 0.15) is 35.2 Å². The van der Waals surface area contributed by atoms with E-state index in [9.17, 15) is 4.79 Å². The van der Waals surface area contributed by atoms with Crippen LogP contribution in [0.3, 0.4) is 0 Å². The number of aryl methyl sites for hydroxylation is 1. The second-order valence-corrected chi connectivity index (χ2v) is 8.35. The third-order valence-electron chi connectivity index (χ3n) is 5.19. The molecular formula is C24H25N2OS+. The van der Waals surface area contributed by atoms with Crippen LogP contribution in [-0.2, 0) is 4.79 Å². The topological polar surface area (TPSA) is 45.7 Å². The second kappa shape index (κ2) is 8.63.